The van der Waals surface area contributed by atoms with Gasteiger partial charge < -0.3 is 19.6 Å². The first-order valence-electron chi connectivity index (χ1n) is 7.73. The molecule has 0 aromatic heterocycles. The van der Waals surface area contributed by atoms with Crippen LogP contribution in [0, 0.1) is 5.92 Å². The lowest BCUT2D eigenvalue weighted by Crippen LogP contribution is -2.37. The first kappa shape index (κ1) is 16.8. The summed E-state index contributed by atoms with van der Waals surface area (Å²) in [5, 5.41) is 9.48. The molecule has 1 fully saturated rings. The van der Waals surface area contributed by atoms with Gasteiger partial charge in [0.25, 0.3) is 0 Å². The Morgan fingerprint density at radius 1 is 1.36 bits per heavy atom. The van der Waals surface area contributed by atoms with Crippen LogP contribution in [0.3, 0.4) is 0 Å². The van der Waals surface area contributed by atoms with Gasteiger partial charge in [-0.1, -0.05) is 18.2 Å². The van der Waals surface area contributed by atoms with Gasteiger partial charge in [-0.2, -0.15) is 0 Å². The maximum absolute atomic E-state index is 12.4. The highest BCUT2D eigenvalue weighted by molar-refractivity contribution is 5.77. The van der Waals surface area contributed by atoms with Gasteiger partial charge in [-0.05, 0) is 32.1 Å². The number of carbonyl (C=O) groups is 1. The van der Waals surface area contributed by atoms with Gasteiger partial charge in [0.05, 0.1) is 7.11 Å². The average molecular weight is 306 g/mol. The van der Waals surface area contributed by atoms with Gasteiger partial charge in [0.15, 0.2) is 0 Å². The van der Waals surface area contributed by atoms with Crippen LogP contribution in [0.15, 0.2) is 24.3 Å². The Labute approximate surface area is 132 Å². The van der Waals surface area contributed by atoms with E-state index in [0.29, 0.717) is 25.9 Å². The average Bonchev–Trinajstić information content (AvgIpc) is 2.97. The highest BCUT2D eigenvalue weighted by atomic mass is 16.5. The minimum absolute atomic E-state index is 0.124. The number of likely N-dealkylation sites (N-methyl/N-ethyl adjacent to an activating group) is 1. The van der Waals surface area contributed by atoms with E-state index in [1.807, 2.05) is 43.3 Å². The van der Waals surface area contributed by atoms with Crippen LogP contribution < -0.4 is 4.74 Å². The van der Waals surface area contributed by atoms with E-state index in [0.717, 1.165) is 11.3 Å². The van der Waals surface area contributed by atoms with Crippen molar-refractivity contribution in [2.24, 2.45) is 5.92 Å². The Balaban J connectivity index is 1.93. The smallest absolute Gasteiger partial charge is 0.222 e. The third-order valence-electron chi connectivity index (χ3n) is 4.46. The highest BCUT2D eigenvalue weighted by Gasteiger charge is 2.35. The van der Waals surface area contributed by atoms with Crippen LogP contribution in [0.2, 0.25) is 0 Å². The molecular formula is C17H26N2O3. The van der Waals surface area contributed by atoms with Crippen molar-refractivity contribution in [2.45, 2.75) is 18.9 Å². The molecule has 1 aliphatic rings. The van der Waals surface area contributed by atoms with E-state index in [1.54, 1.807) is 7.11 Å². The zero-order valence-corrected chi connectivity index (χ0v) is 13.7. The quantitative estimate of drug-likeness (QED) is 0.852. The molecular weight excluding hydrogens is 280 g/mol. The Kier molecular flexibility index (Phi) is 5.80. The monoisotopic (exact) mass is 306 g/mol. The van der Waals surface area contributed by atoms with E-state index in [-0.39, 0.29) is 24.5 Å². The maximum Gasteiger partial charge on any atom is 0.222 e. The molecule has 122 valence electrons. The van der Waals surface area contributed by atoms with Gasteiger partial charge in [0.2, 0.25) is 5.91 Å². The van der Waals surface area contributed by atoms with Crippen molar-refractivity contribution in [3.63, 3.8) is 0 Å². The second-order valence-corrected chi connectivity index (χ2v) is 6.08. The van der Waals surface area contributed by atoms with Crippen LogP contribution in [-0.2, 0) is 11.2 Å². The minimum Gasteiger partial charge on any atom is -0.496 e. The fourth-order valence-electron chi connectivity index (χ4n) is 3.13. The molecule has 1 heterocycles. The van der Waals surface area contributed by atoms with Gasteiger partial charge in [0, 0.05) is 38.1 Å². The number of methoxy groups -OCH3 is 1. The van der Waals surface area contributed by atoms with Crippen LogP contribution in [-0.4, -0.2) is 67.8 Å². The molecule has 2 rings (SSSR count). The van der Waals surface area contributed by atoms with E-state index in [9.17, 15) is 9.90 Å². The molecule has 0 radical (unpaired) electrons. The van der Waals surface area contributed by atoms with Crippen molar-refractivity contribution in [1.82, 2.24) is 9.80 Å². The molecule has 0 saturated carbocycles. The summed E-state index contributed by atoms with van der Waals surface area (Å²) in [5.41, 5.74) is 1.06. The van der Waals surface area contributed by atoms with Gasteiger partial charge in [-0.25, -0.2) is 0 Å². The molecule has 5 heteroatoms. The number of aliphatic hydroxyl groups is 1. The fraction of sp³-hybridized carbons (Fsp3) is 0.588. The number of hydrogen-bond acceptors (Lipinski definition) is 4. The lowest BCUT2D eigenvalue weighted by molar-refractivity contribution is -0.130. The molecule has 1 saturated heterocycles. The van der Waals surface area contributed by atoms with E-state index >= 15 is 0 Å². The molecule has 1 aliphatic heterocycles. The predicted molar refractivity (Wildman–Crippen MR) is 85.9 cm³/mol. The standard InChI is InChI=1S/C17H26N2O3/c1-18(2)15-11-19(10-14(15)12-20)17(21)9-8-13-6-4-5-7-16(13)22-3/h4-7,14-15,20H,8-12H2,1-3H3/t14-,15+/m0/s1. The second-order valence-electron chi connectivity index (χ2n) is 6.08. The molecule has 1 amide bonds. The zero-order chi connectivity index (χ0) is 16.1. The summed E-state index contributed by atoms with van der Waals surface area (Å²) in [7, 11) is 5.64. The van der Waals surface area contributed by atoms with Crippen LogP contribution in [0.1, 0.15) is 12.0 Å². The summed E-state index contributed by atoms with van der Waals surface area (Å²) < 4.78 is 5.32. The molecule has 1 aromatic rings. The van der Waals surface area contributed by atoms with Crippen molar-refractivity contribution in [1.29, 1.82) is 0 Å². The Morgan fingerprint density at radius 3 is 2.68 bits per heavy atom. The summed E-state index contributed by atoms with van der Waals surface area (Å²) in [4.78, 5) is 16.4. The zero-order valence-electron chi connectivity index (χ0n) is 13.7. The summed E-state index contributed by atoms with van der Waals surface area (Å²) in [5.74, 6) is 1.12. The number of carbonyl (C=O) groups excluding carboxylic acids is 1. The van der Waals surface area contributed by atoms with Crippen LogP contribution in [0.5, 0.6) is 5.75 Å². The molecule has 5 nitrogen and oxygen atoms in total. The van der Waals surface area contributed by atoms with Gasteiger partial charge in [-0.15, -0.1) is 0 Å². The molecule has 2 atom stereocenters. The van der Waals surface area contributed by atoms with E-state index < -0.39 is 0 Å². The van der Waals surface area contributed by atoms with Gasteiger partial charge in [0.1, 0.15) is 5.75 Å². The number of para-hydroxylation sites is 1. The highest BCUT2D eigenvalue weighted by Crippen LogP contribution is 2.23. The fourth-order valence-corrected chi connectivity index (χ4v) is 3.13. The number of ether oxygens (including phenoxy) is 1. The maximum atomic E-state index is 12.4. The summed E-state index contributed by atoms with van der Waals surface area (Å²) in [6, 6.07) is 8.04. The molecule has 0 spiro atoms. The van der Waals surface area contributed by atoms with Crippen LogP contribution in [0.25, 0.3) is 0 Å². The van der Waals surface area contributed by atoms with E-state index in [2.05, 4.69) is 4.90 Å². The van der Waals surface area contributed by atoms with Crippen molar-refractivity contribution in [2.75, 3.05) is 40.9 Å². The molecule has 0 unspecified atom stereocenters. The number of rotatable bonds is 6. The molecule has 0 bridgehead atoms. The summed E-state index contributed by atoms with van der Waals surface area (Å²) in [6.45, 7) is 1.46. The predicted octanol–water partition coefficient (Wildman–Crippen LogP) is 1.01. The number of amides is 1. The van der Waals surface area contributed by atoms with Crippen molar-refractivity contribution < 1.29 is 14.6 Å². The largest absolute Gasteiger partial charge is 0.496 e. The van der Waals surface area contributed by atoms with Crippen LogP contribution in [0.4, 0.5) is 0 Å². The molecule has 0 aliphatic carbocycles. The van der Waals surface area contributed by atoms with Crippen molar-refractivity contribution in [3.05, 3.63) is 29.8 Å². The molecule has 1 N–H and O–H groups in total. The van der Waals surface area contributed by atoms with Crippen molar-refractivity contribution in [3.8, 4) is 5.75 Å². The van der Waals surface area contributed by atoms with E-state index in [4.69, 9.17) is 4.74 Å². The van der Waals surface area contributed by atoms with E-state index in [1.165, 1.54) is 0 Å². The molecule has 1 aromatic carbocycles. The Hall–Kier alpha value is -1.59. The second kappa shape index (κ2) is 7.61. The third-order valence-corrected chi connectivity index (χ3v) is 4.46. The lowest BCUT2D eigenvalue weighted by atomic mass is 10.0. The SMILES string of the molecule is COc1ccccc1CCC(=O)N1C[C@@H](CO)[C@H](N(C)C)C1. The Morgan fingerprint density at radius 2 is 2.09 bits per heavy atom. The summed E-state index contributed by atoms with van der Waals surface area (Å²) in [6.07, 6.45) is 1.15. The number of nitrogens with zero attached hydrogens (tertiary/aromatic N) is 2. The van der Waals surface area contributed by atoms with Crippen LogP contribution >= 0.6 is 0 Å². The topological polar surface area (TPSA) is 53.0 Å². The van der Waals surface area contributed by atoms with Gasteiger partial charge in [-0.3, -0.25) is 4.79 Å². The first-order chi connectivity index (χ1) is 10.6. The van der Waals surface area contributed by atoms with Gasteiger partial charge >= 0.3 is 0 Å². The third kappa shape index (κ3) is 3.78. The first-order valence-corrected chi connectivity index (χ1v) is 7.73. The normalized spacial score (nSPS) is 21.4. The Bertz CT molecular complexity index is 504. The number of benzene rings is 1. The summed E-state index contributed by atoms with van der Waals surface area (Å²) >= 11 is 0. The van der Waals surface area contributed by atoms with Crippen molar-refractivity contribution >= 4 is 5.91 Å². The molecule has 22 heavy (non-hydrogen) atoms. The number of likely N-dealkylation sites (tertiary alicyclic amines) is 1. The number of aliphatic hydroxyl groups excluding tert-OH is 1. The number of aryl methyl sites for hydroxylation is 1. The minimum atomic E-state index is 0.124. The number of hydrogen-bond donors (Lipinski definition) is 1. The lowest BCUT2D eigenvalue weighted by Gasteiger charge is -2.23.